The number of rotatable bonds is 5. The largest absolute Gasteiger partial charge is 0.334 e. The van der Waals surface area contributed by atoms with Crippen molar-refractivity contribution in [3.8, 4) is 0 Å². The molecule has 2 amide bonds. The summed E-state index contributed by atoms with van der Waals surface area (Å²) < 4.78 is 14.1. The van der Waals surface area contributed by atoms with Crippen LogP contribution < -0.4 is 10.6 Å². The second kappa shape index (κ2) is 8.84. The van der Waals surface area contributed by atoms with Gasteiger partial charge >= 0.3 is 0 Å². The quantitative estimate of drug-likeness (QED) is 0.863. The standard InChI is InChI=1S/C16H22FN3O2.ClH/c1-3-8-20(13-6-7-18-10-13)16(22)14-9-12(19-11(2)21)4-5-15(14)17;/h4-5,9,13,18H,3,6-8,10H2,1-2H3,(H,19,21);1H. The summed E-state index contributed by atoms with van der Waals surface area (Å²) in [4.78, 5) is 25.6. The predicted octanol–water partition coefficient (Wildman–Crippen LogP) is 2.42. The Bertz CT molecular complexity index is 562. The van der Waals surface area contributed by atoms with Crippen LogP contribution in [0.5, 0.6) is 0 Å². The Morgan fingerprint density at radius 1 is 1.43 bits per heavy atom. The molecule has 1 aliphatic rings. The molecule has 1 aliphatic heterocycles. The van der Waals surface area contributed by atoms with Gasteiger partial charge in [-0.1, -0.05) is 6.92 Å². The van der Waals surface area contributed by atoms with Gasteiger partial charge in [0.2, 0.25) is 5.91 Å². The fourth-order valence-electron chi connectivity index (χ4n) is 2.72. The van der Waals surface area contributed by atoms with E-state index in [4.69, 9.17) is 0 Å². The third kappa shape index (κ3) is 4.91. The van der Waals surface area contributed by atoms with E-state index in [1.165, 1.54) is 25.1 Å². The van der Waals surface area contributed by atoms with Crippen LogP contribution in [0.2, 0.25) is 0 Å². The Hall–Kier alpha value is -1.66. The van der Waals surface area contributed by atoms with Gasteiger partial charge in [-0.25, -0.2) is 4.39 Å². The first-order valence-electron chi connectivity index (χ1n) is 7.61. The molecule has 1 aromatic carbocycles. The van der Waals surface area contributed by atoms with Crippen LogP contribution in [-0.4, -0.2) is 42.4 Å². The van der Waals surface area contributed by atoms with E-state index < -0.39 is 5.82 Å². The minimum atomic E-state index is -0.564. The number of carbonyl (C=O) groups is 2. The summed E-state index contributed by atoms with van der Waals surface area (Å²) in [5.41, 5.74) is 0.435. The molecule has 128 valence electrons. The molecule has 1 heterocycles. The third-order valence-electron chi connectivity index (χ3n) is 3.72. The molecule has 0 spiro atoms. The van der Waals surface area contributed by atoms with Gasteiger partial charge in [0.05, 0.1) is 5.56 Å². The van der Waals surface area contributed by atoms with Crippen molar-refractivity contribution in [2.75, 3.05) is 25.0 Å². The molecule has 1 unspecified atom stereocenters. The average Bonchev–Trinajstić information content (AvgIpc) is 2.99. The number of nitrogens with one attached hydrogen (secondary N) is 2. The number of halogens is 2. The van der Waals surface area contributed by atoms with E-state index in [0.29, 0.717) is 12.2 Å². The maximum absolute atomic E-state index is 14.1. The van der Waals surface area contributed by atoms with Crippen molar-refractivity contribution in [3.05, 3.63) is 29.6 Å². The van der Waals surface area contributed by atoms with Crippen LogP contribution in [0.3, 0.4) is 0 Å². The number of benzene rings is 1. The first-order valence-corrected chi connectivity index (χ1v) is 7.61. The highest BCUT2D eigenvalue weighted by Crippen LogP contribution is 2.20. The molecule has 23 heavy (non-hydrogen) atoms. The zero-order chi connectivity index (χ0) is 16.1. The van der Waals surface area contributed by atoms with E-state index in [-0.39, 0.29) is 35.8 Å². The summed E-state index contributed by atoms with van der Waals surface area (Å²) in [6.45, 7) is 5.56. The monoisotopic (exact) mass is 343 g/mol. The summed E-state index contributed by atoms with van der Waals surface area (Å²) in [5.74, 6) is -1.14. The Morgan fingerprint density at radius 2 is 2.17 bits per heavy atom. The van der Waals surface area contributed by atoms with E-state index in [0.717, 1.165) is 25.9 Å². The lowest BCUT2D eigenvalue weighted by Gasteiger charge is -2.28. The smallest absolute Gasteiger partial charge is 0.257 e. The van der Waals surface area contributed by atoms with Crippen LogP contribution in [0.1, 0.15) is 37.0 Å². The van der Waals surface area contributed by atoms with E-state index in [2.05, 4.69) is 10.6 Å². The van der Waals surface area contributed by atoms with Gasteiger partial charge in [-0.15, -0.1) is 12.4 Å². The molecule has 1 atom stereocenters. The van der Waals surface area contributed by atoms with Gasteiger partial charge in [-0.2, -0.15) is 0 Å². The molecule has 2 N–H and O–H groups in total. The molecule has 2 rings (SSSR count). The van der Waals surface area contributed by atoms with Crippen molar-refractivity contribution in [3.63, 3.8) is 0 Å². The molecular formula is C16H23ClFN3O2. The Morgan fingerprint density at radius 3 is 2.74 bits per heavy atom. The van der Waals surface area contributed by atoms with Crippen LogP contribution in [0, 0.1) is 5.82 Å². The lowest BCUT2D eigenvalue weighted by molar-refractivity contribution is -0.114. The maximum Gasteiger partial charge on any atom is 0.257 e. The van der Waals surface area contributed by atoms with E-state index in [1.807, 2.05) is 6.92 Å². The average molecular weight is 344 g/mol. The lowest BCUT2D eigenvalue weighted by atomic mass is 10.1. The van der Waals surface area contributed by atoms with Crippen molar-refractivity contribution in [1.29, 1.82) is 0 Å². The molecule has 0 radical (unpaired) electrons. The van der Waals surface area contributed by atoms with Crippen LogP contribution >= 0.6 is 12.4 Å². The Labute approximate surface area is 142 Å². The van der Waals surface area contributed by atoms with Crippen molar-refractivity contribution in [2.45, 2.75) is 32.7 Å². The van der Waals surface area contributed by atoms with Crippen molar-refractivity contribution < 1.29 is 14.0 Å². The normalized spacial score (nSPS) is 16.6. The summed E-state index contributed by atoms with van der Waals surface area (Å²) in [7, 11) is 0. The Balaban J connectivity index is 0.00000264. The predicted molar refractivity (Wildman–Crippen MR) is 90.6 cm³/mol. The fraction of sp³-hybridized carbons (Fsp3) is 0.500. The number of hydrogen-bond donors (Lipinski definition) is 2. The van der Waals surface area contributed by atoms with Gasteiger partial charge < -0.3 is 15.5 Å². The van der Waals surface area contributed by atoms with Gasteiger partial charge in [0.1, 0.15) is 5.82 Å². The number of amides is 2. The van der Waals surface area contributed by atoms with Crippen molar-refractivity contribution >= 4 is 29.9 Å². The summed E-state index contributed by atoms with van der Waals surface area (Å²) >= 11 is 0. The SMILES string of the molecule is CCCN(C(=O)c1cc(NC(C)=O)ccc1F)C1CCNC1.Cl. The van der Waals surface area contributed by atoms with Crippen molar-refractivity contribution in [1.82, 2.24) is 10.2 Å². The molecule has 0 aliphatic carbocycles. The highest BCUT2D eigenvalue weighted by molar-refractivity contribution is 5.97. The first kappa shape index (κ1) is 19.4. The number of nitrogens with zero attached hydrogens (tertiary/aromatic N) is 1. The van der Waals surface area contributed by atoms with Crippen LogP contribution in [-0.2, 0) is 4.79 Å². The van der Waals surface area contributed by atoms with E-state index >= 15 is 0 Å². The molecule has 1 fully saturated rings. The van der Waals surface area contributed by atoms with Gasteiger partial charge in [-0.3, -0.25) is 9.59 Å². The summed E-state index contributed by atoms with van der Waals surface area (Å²) in [6.07, 6.45) is 1.69. The van der Waals surface area contributed by atoms with Crippen LogP contribution in [0.15, 0.2) is 18.2 Å². The minimum Gasteiger partial charge on any atom is -0.334 e. The highest BCUT2D eigenvalue weighted by atomic mass is 35.5. The number of anilines is 1. The molecule has 0 saturated carbocycles. The summed E-state index contributed by atoms with van der Waals surface area (Å²) in [5, 5.41) is 5.80. The fourth-order valence-corrected chi connectivity index (χ4v) is 2.72. The second-order valence-electron chi connectivity index (χ2n) is 5.52. The van der Waals surface area contributed by atoms with Gasteiger partial charge in [0, 0.05) is 31.7 Å². The molecule has 7 heteroatoms. The first-order chi connectivity index (χ1) is 10.5. The number of carbonyl (C=O) groups excluding carboxylic acids is 2. The van der Waals surface area contributed by atoms with Gasteiger partial charge in [0.25, 0.3) is 5.91 Å². The van der Waals surface area contributed by atoms with Gasteiger partial charge in [0.15, 0.2) is 0 Å². The van der Waals surface area contributed by atoms with Crippen molar-refractivity contribution in [2.24, 2.45) is 0 Å². The highest BCUT2D eigenvalue weighted by Gasteiger charge is 2.28. The Kier molecular flexibility index (Phi) is 7.45. The lowest BCUT2D eigenvalue weighted by Crippen LogP contribution is -2.42. The zero-order valence-corrected chi connectivity index (χ0v) is 14.2. The molecule has 0 aromatic heterocycles. The minimum absolute atomic E-state index is 0. The molecule has 1 saturated heterocycles. The van der Waals surface area contributed by atoms with Gasteiger partial charge in [-0.05, 0) is 37.6 Å². The molecule has 1 aromatic rings. The van der Waals surface area contributed by atoms with Crippen LogP contribution in [0.25, 0.3) is 0 Å². The maximum atomic E-state index is 14.1. The molecular weight excluding hydrogens is 321 g/mol. The molecule has 5 nitrogen and oxygen atoms in total. The van der Waals surface area contributed by atoms with E-state index in [9.17, 15) is 14.0 Å². The summed E-state index contributed by atoms with van der Waals surface area (Å²) in [6, 6.07) is 4.17. The second-order valence-corrected chi connectivity index (χ2v) is 5.52. The topological polar surface area (TPSA) is 61.4 Å². The van der Waals surface area contributed by atoms with Crippen LogP contribution in [0.4, 0.5) is 10.1 Å². The number of hydrogen-bond acceptors (Lipinski definition) is 3. The molecule has 0 bridgehead atoms. The zero-order valence-electron chi connectivity index (χ0n) is 13.4. The third-order valence-corrected chi connectivity index (χ3v) is 3.72. The van der Waals surface area contributed by atoms with E-state index in [1.54, 1.807) is 4.90 Å².